The second kappa shape index (κ2) is 6.72. The Kier molecular flexibility index (Phi) is 4.40. The van der Waals surface area contributed by atoms with Crippen LogP contribution in [0.3, 0.4) is 0 Å². The third-order valence-electron chi connectivity index (χ3n) is 5.19. The van der Waals surface area contributed by atoms with Crippen LogP contribution in [-0.4, -0.2) is 30.5 Å². The van der Waals surface area contributed by atoms with Gasteiger partial charge in [0.1, 0.15) is 5.52 Å². The van der Waals surface area contributed by atoms with Crippen LogP contribution in [0, 0.1) is 12.8 Å². The second-order valence-corrected chi connectivity index (χ2v) is 7.32. The highest BCUT2D eigenvalue weighted by Crippen LogP contribution is 2.27. The van der Waals surface area contributed by atoms with Crippen molar-refractivity contribution in [3.8, 4) is 0 Å². The first-order valence-corrected chi connectivity index (χ1v) is 9.24. The molecule has 0 radical (unpaired) electrons. The molecule has 0 atom stereocenters. The van der Waals surface area contributed by atoms with Crippen LogP contribution < -0.4 is 5.32 Å². The quantitative estimate of drug-likeness (QED) is 0.759. The Labute approximate surface area is 156 Å². The third-order valence-corrected chi connectivity index (χ3v) is 5.50. The number of carbonyl (C=O) groups excluding carboxylic acids is 1. The van der Waals surface area contributed by atoms with Gasteiger partial charge in [-0.3, -0.25) is 10.1 Å². The van der Waals surface area contributed by atoms with E-state index in [0.29, 0.717) is 28.1 Å². The molecule has 0 bridgehead atoms. The fraction of sp³-hybridized carbons (Fsp3) is 0.444. The molecule has 1 aromatic carbocycles. The van der Waals surface area contributed by atoms with Gasteiger partial charge in [-0.25, -0.2) is 9.67 Å². The molecule has 2 aromatic heterocycles. The average molecular weight is 373 g/mol. The number of anilines is 1. The number of rotatable bonds is 4. The zero-order chi connectivity index (χ0) is 18.3. The van der Waals surface area contributed by atoms with Crippen LogP contribution >= 0.6 is 11.6 Å². The number of halogens is 1. The van der Waals surface area contributed by atoms with Gasteiger partial charge in [0, 0.05) is 13.6 Å². The first-order chi connectivity index (χ1) is 12.5. The van der Waals surface area contributed by atoms with Crippen molar-refractivity contribution in [1.29, 1.82) is 0 Å². The van der Waals surface area contributed by atoms with E-state index in [1.807, 2.05) is 30.8 Å². The van der Waals surface area contributed by atoms with Crippen LogP contribution in [0.5, 0.6) is 0 Å². The number of imidazole rings is 1. The fourth-order valence-corrected chi connectivity index (χ4v) is 3.85. The van der Waals surface area contributed by atoms with Gasteiger partial charge < -0.3 is 4.57 Å². The molecule has 3 aromatic rings. The number of aryl methyl sites for hydroxylation is 1. The average Bonchev–Trinajstić information content (AvgIpc) is 3.32. The molecule has 0 saturated heterocycles. The Morgan fingerprint density at radius 1 is 1.35 bits per heavy atom. The summed E-state index contributed by atoms with van der Waals surface area (Å²) in [5.41, 5.74) is 2.63. The zero-order valence-electron chi connectivity index (χ0n) is 14.9. The minimum Gasteiger partial charge on any atom is -0.313 e. The number of fused-ring (bicyclic) bond motifs is 1. The molecule has 1 fully saturated rings. The van der Waals surface area contributed by atoms with Crippen LogP contribution in [0.2, 0.25) is 5.02 Å². The predicted octanol–water partition coefficient (Wildman–Crippen LogP) is 3.57. The van der Waals surface area contributed by atoms with Gasteiger partial charge in [-0.1, -0.05) is 35.7 Å². The largest absolute Gasteiger partial charge is 0.313 e. The van der Waals surface area contributed by atoms with Crippen molar-refractivity contribution in [2.75, 3.05) is 5.32 Å². The lowest BCUT2D eigenvalue weighted by Crippen LogP contribution is -2.17. The molecule has 1 aliphatic carbocycles. The molecule has 0 unspecified atom stereocenters. The van der Waals surface area contributed by atoms with Crippen molar-refractivity contribution in [1.82, 2.24) is 24.5 Å². The molecule has 8 heteroatoms. The van der Waals surface area contributed by atoms with Crippen molar-refractivity contribution in [3.63, 3.8) is 0 Å². The fourth-order valence-electron chi connectivity index (χ4n) is 3.63. The maximum absolute atomic E-state index is 12.7. The molecular formula is C18H21ClN6O. The van der Waals surface area contributed by atoms with E-state index >= 15 is 0 Å². The number of carbonyl (C=O) groups is 1. The summed E-state index contributed by atoms with van der Waals surface area (Å²) in [5.74, 6) is 0.755. The summed E-state index contributed by atoms with van der Waals surface area (Å²) in [7, 11) is 1.84. The third kappa shape index (κ3) is 2.96. The van der Waals surface area contributed by atoms with Gasteiger partial charge in [0.05, 0.1) is 16.2 Å². The van der Waals surface area contributed by atoms with Crippen LogP contribution in [0.1, 0.15) is 41.9 Å². The minimum absolute atomic E-state index is 0.310. The molecule has 2 heterocycles. The number of nitrogens with one attached hydrogen (secondary N) is 1. The van der Waals surface area contributed by atoms with E-state index < -0.39 is 0 Å². The van der Waals surface area contributed by atoms with Gasteiger partial charge in [-0.2, -0.15) is 0 Å². The number of aromatic nitrogens is 5. The lowest BCUT2D eigenvalue weighted by Gasteiger charge is -2.09. The number of benzene rings is 1. The SMILES string of the molecule is Cc1c(C(=O)Nc2nc3c(Cl)cccc3n2C)nnn1CC1CCCC1. The van der Waals surface area contributed by atoms with Crippen molar-refractivity contribution in [3.05, 3.63) is 34.6 Å². The molecular weight excluding hydrogens is 352 g/mol. The van der Waals surface area contributed by atoms with Crippen molar-refractivity contribution in [2.24, 2.45) is 13.0 Å². The first kappa shape index (κ1) is 17.0. The summed E-state index contributed by atoms with van der Waals surface area (Å²) in [5, 5.41) is 11.7. The molecule has 4 rings (SSSR count). The number of para-hydroxylation sites is 1. The number of hydrogen-bond donors (Lipinski definition) is 1. The van der Waals surface area contributed by atoms with Crippen LogP contribution in [0.15, 0.2) is 18.2 Å². The number of amides is 1. The monoisotopic (exact) mass is 372 g/mol. The standard InChI is InChI=1S/C18H21ClN6O/c1-11-15(22-23-25(11)10-12-6-3-4-7-12)17(26)21-18-20-16-13(19)8-5-9-14(16)24(18)2/h5,8-9,12H,3-4,6-7,10H2,1-2H3,(H,20,21,26). The van der Waals surface area contributed by atoms with Gasteiger partial charge in [0.2, 0.25) is 5.95 Å². The summed E-state index contributed by atoms with van der Waals surface area (Å²) in [6.45, 7) is 2.71. The normalized spacial score (nSPS) is 15.0. The van der Waals surface area contributed by atoms with E-state index in [9.17, 15) is 4.79 Å². The first-order valence-electron chi connectivity index (χ1n) is 8.87. The van der Waals surface area contributed by atoms with Crippen molar-refractivity contribution >= 4 is 34.5 Å². The van der Waals surface area contributed by atoms with Gasteiger partial charge >= 0.3 is 0 Å². The van der Waals surface area contributed by atoms with Gasteiger partial charge in [-0.05, 0) is 37.8 Å². The summed E-state index contributed by atoms with van der Waals surface area (Å²) in [6, 6.07) is 5.55. The Morgan fingerprint density at radius 3 is 2.85 bits per heavy atom. The molecule has 1 aliphatic rings. The van der Waals surface area contributed by atoms with Gasteiger partial charge in [0.25, 0.3) is 5.91 Å². The van der Waals surface area contributed by atoms with Crippen LogP contribution in [0.25, 0.3) is 11.0 Å². The van der Waals surface area contributed by atoms with Crippen molar-refractivity contribution in [2.45, 2.75) is 39.2 Å². The maximum Gasteiger partial charge on any atom is 0.280 e. The molecule has 26 heavy (non-hydrogen) atoms. The van der Waals surface area contributed by atoms with Crippen LogP contribution in [0.4, 0.5) is 5.95 Å². The Bertz CT molecular complexity index is 970. The molecule has 0 spiro atoms. The summed E-state index contributed by atoms with van der Waals surface area (Å²) in [6.07, 6.45) is 5.00. The van der Waals surface area contributed by atoms with Crippen LogP contribution in [-0.2, 0) is 13.6 Å². The van der Waals surface area contributed by atoms with E-state index in [1.54, 1.807) is 10.6 Å². The molecule has 1 N–H and O–H groups in total. The van der Waals surface area contributed by atoms with E-state index in [2.05, 4.69) is 20.6 Å². The number of nitrogens with zero attached hydrogens (tertiary/aromatic N) is 5. The molecule has 7 nitrogen and oxygen atoms in total. The topological polar surface area (TPSA) is 77.6 Å². The molecule has 1 saturated carbocycles. The maximum atomic E-state index is 12.7. The van der Waals surface area contributed by atoms with E-state index in [-0.39, 0.29) is 5.91 Å². The van der Waals surface area contributed by atoms with E-state index in [4.69, 9.17) is 11.6 Å². The van der Waals surface area contributed by atoms with Gasteiger partial charge in [-0.15, -0.1) is 5.10 Å². The zero-order valence-corrected chi connectivity index (χ0v) is 15.6. The highest BCUT2D eigenvalue weighted by atomic mass is 35.5. The highest BCUT2D eigenvalue weighted by molar-refractivity contribution is 6.35. The Balaban J connectivity index is 1.56. The molecule has 1 amide bonds. The summed E-state index contributed by atoms with van der Waals surface area (Å²) >= 11 is 6.19. The predicted molar refractivity (Wildman–Crippen MR) is 100 cm³/mol. The van der Waals surface area contributed by atoms with E-state index in [1.165, 1.54) is 25.7 Å². The second-order valence-electron chi connectivity index (χ2n) is 6.91. The van der Waals surface area contributed by atoms with E-state index in [0.717, 1.165) is 17.8 Å². The minimum atomic E-state index is -0.310. The highest BCUT2D eigenvalue weighted by Gasteiger charge is 2.22. The molecule has 0 aliphatic heterocycles. The van der Waals surface area contributed by atoms with Crippen molar-refractivity contribution < 1.29 is 4.79 Å². The lowest BCUT2D eigenvalue weighted by atomic mass is 10.1. The molecule has 136 valence electrons. The van der Waals surface area contributed by atoms with Gasteiger partial charge in [0.15, 0.2) is 5.69 Å². The Hall–Kier alpha value is -2.41. The number of hydrogen-bond acceptors (Lipinski definition) is 4. The lowest BCUT2D eigenvalue weighted by molar-refractivity contribution is 0.102. The smallest absolute Gasteiger partial charge is 0.280 e. The summed E-state index contributed by atoms with van der Waals surface area (Å²) in [4.78, 5) is 17.1. The summed E-state index contributed by atoms with van der Waals surface area (Å²) < 4.78 is 3.65. The Morgan fingerprint density at radius 2 is 2.12 bits per heavy atom.